The number of hydrogen-bond acceptors (Lipinski definition) is 8. The van der Waals surface area contributed by atoms with E-state index < -0.39 is 10.1 Å². The fourth-order valence-electron chi connectivity index (χ4n) is 3.56. The van der Waals surface area contributed by atoms with Crippen LogP contribution in [-0.4, -0.2) is 89.0 Å². The lowest BCUT2D eigenvalue weighted by Crippen LogP contribution is -2.39. The Bertz CT molecular complexity index is 1030. The van der Waals surface area contributed by atoms with Crippen LogP contribution in [0.5, 0.6) is 0 Å². The lowest BCUT2D eigenvalue weighted by atomic mass is 10.1. The molecular weight excluding hydrogens is 460 g/mol. The fourth-order valence-corrected chi connectivity index (χ4v) is 3.93. The number of fused-ring (bicyclic) bond motifs is 1. The van der Waals surface area contributed by atoms with Crippen molar-refractivity contribution in [3.8, 4) is 0 Å². The first-order chi connectivity index (χ1) is 16.3. The zero-order valence-electron chi connectivity index (χ0n) is 19.2. The van der Waals surface area contributed by atoms with E-state index in [4.69, 9.17) is 9.47 Å². The van der Waals surface area contributed by atoms with Gasteiger partial charge in [-0.15, -0.1) is 0 Å². The zero-order chi connectivity index (χ0) is 24.4. The molecule has 2 amide bonds. The number of nitrogens with zero attached hydrogens (tertiary/aromatic N) is 2. The topological polar surface area (TPSA) is 102 Å². The van der Waals surface area contributed by atoms with Crippen LogP contribution < -0.4 is 0 Å². The number of imide groups is 1. The van der Waals surface area contributed by atoms with Crippen LogP contribution in [0.15, 0.2) is 54.6 Å². The minimum atomic E-state index is -3.46. The van der Waals surface area contributed by atoms with E-state index in [1.807, 2.05) is 30.3 Å². The van der Waals surface area contributed by atoms with Gasteiger partial charge >= 0.3 is 0 Å². The van der Waals surface area contributed by atoms with Gasteiger partial charge in [0.15, 0.2) is 0 Å². The van der Waals surface area contributed by atoms with E-state index in [0.29, 0.717) is 57.1 Å². The molecule has 34 heavy (non-hydrogen) atoms. The van der Waals surface area contributed by atoms with Crippen LogP contribution in [0.25, 0.3) is 0 Å². The van der Waals surface area contributed by atoms with Gasteiger partial charge in [-0.1, -0.05) is 42.5 Å². The van der Waals surface area contributed by atoms with Crippen LogP contribution in [0.4, 0.5) is 0 Å². The SMILES string of the molecule is CS(=O)(=O)OCCOCCOCCN(CCN1C(=O)c2ccccc2C1=O)Cc1ccccc1. The van der Waals surface area contributed by atoms with Crippen LogP contribution in [0.3, 0.4) is 0 Å². The van der Waals surface area contributed by atoms with E-state index in [9.17, 15) is 18.0 Å². The van der Waals surface area contributed by atoms with Gasteiger partial charge in [0.1, 0.15) is 0 Å². The van der Waals surface area contributed by atoms with Gasteiger partial charge in [0.2, 0.25) is 0 Å². The molecule has 0 N–H and O–H groups in total. The lowest BCUT2D eigenvalue weighted by Gasteiger charge is -2.25. The molecular formula is C24H30N2O7S. The van der Waals surface area contributed by atoms with Crippen LogP contribution >= 0.6 is 0 Å². The standard InChI is InChI=1S/C24H30N2O7S/c1-34(29,30)33-18-17-32-16-15-31-14-13-25(19-20-7-3-2-4-8-20)11-12-26-23(27)21-9-5-6-10-22(21)24(26)28/h2-10H,11-19H2,1H3. The van der Waals surface area contributed by atoms with E-state index in [1.54, 1.807) is 24.3 Å². The van der Waals surface area contributed by atoms with Gasteiger partial charge in [-0.25, -0.2) is 0 Å². The van der Waals surface area contributed by atoms with Crippen LogP contribution in [0.1, 0.15) is 26.3 Å². The van der Waals surface area contributed by atoms with Gasteiger partial charge in [-0.2, -0.15) is 8.42 Å². The number of carbonyl (C=O) groups is 2. The average molecular weight is 491 g/mol. The maximum absolute atomic E-state index is 12.6. The van der Waals surface area contributed by atoms with E-state index in [2.05, 4.69) is 9.08 Å². The third-order valence-electron chi connectivity index (χ3n) is 5.22. The maximum atomic E-state index is 12.6. The molecule has 0 atom stereocenters. The second-order valence-corrected chi connectivity index (χ2v) is 9.46. The summed E-state index contributed by atoms with van der Waals surface area (Å²) >= 11 is 0. The molecule has 1 aliphatic rings. The molecule has 0 aromatic heterocycles. The summed E-state index contributed by atoms with van der Waals surface area (Å²) in [6.07, 6.45) is 0.992. The molecule has 0 aliphatic carbocycles. The lowest BCUT2D eigenvalue weighted by molar-refractivity contribution is 0.0284. The van der Waals surface area contributed by atoms with E-state index in [1.165, 1.54) is 4.90 Å². The van der Waals surface area contributed by atoms with E-state index >= 15 is 0 Å². The molecule has 3 rings (SSSR count). The number of carbonyl (C=O) groups excluding carboxylic acids is 2. The van der Waals surface area contributed by atoms with Crippen molar-refractivity contribution < 1.29 is 31.7 Å². The van der Waals surface area contributed by atoms with Crippen molar-refractivity contribution >= 4 is 21.9 Å². The van der Waals surface area contributed by atoms with Crippen molar-refractivity contribution in [1.29, 1.82) is 0 Å². The molecule has 0 radical (unpaired) electrons. The average Bonchev–Trinajstić information content (AvgIpc) is 3.06. The first kappa shape index (κ1) is 26.0. The Labute approximate surface area is 200 Å². The number of amides is 2. The highest BCUT2D eigenvalue weighted by atomic mass is 32.2. The van der Waals surface area contributed by atoms with Gasteiger partial charge in [0.05, 0.1) is 50.4 Å². The van der Waals surface area contributed by atoms with Gasteiger partial charge in [0.25, 0.3) is 21.9 Å². The molecule has 2 aromatic rings. The summed E-state index contributed by atoms with van der Waals surface area (Å²) in [6, 6.07) is 16.8. The highest BCUT2D eigenvalue weighted by Gasteiger charge is 2.34. The third-order valence-corrected chi connectivity index (χ3v) is 5.81. The smallest absolute Gasteiger partial charge is 0.264 e. The third kappa shape index (κ3) is 8.00. The molecule has 2 aromatic carbocycles. The van der Waals surface area contributed by atoms with Crippen molar-refractivity contribution in [1.82, 2.24) is 9.80 Å². The fraction of sp³-hybridized carbons (Fsp3) is 0.417. The predicted molar refractivity (Wildman–Crippen MR) is 126 cm³/mol. The van der Waals surface area contributed by atoms with Crippen LogP contribution in [0, 0.1) is 0 Å². The van der Waals surface area contributed by atoms with Crippen molar-refractivity contribution in [3.05, 3.63) is 71.3 Å². The molecule has 1 aliphatic heterocycles. The Hall–Kier alpha value is -2.63. The minimum absolute atomic E-state index is 0.0263. The van der Waals surface area contributed by atoms with E-state index in [-0.39, 0.29) is 25.0 Å². The van der Waals surface area contributed by atoms with E-state index in [0.717, 1.165) is 11.8 Å². The first-order valence-corrected chi connectivity index (χ1v) is 12.9. The first-order valence-electron chi connectivity index (χ1n) is 11.1. The van der Waals surface area contributed by atoms with Gasteiger partial charge in [-0.3, -0.25) is 23.6 Å². The van der Waals surface area contributed by atoms with Gasteiger partial charge in [-0.05, 0) is 17.7 Å². The Morgan fingerprint density at radius 2 is 1.32 bits per heavy atom. The summed E-state index contributed by atoms with van der Waals surface area (Å²) in [6.45, 7) is 3.33. The summed E-state index contributed by atoms with van der Waals surface area (Å²) in [7, 11) is -3.46. The van der Waals surface area contributed by atoms with Gasteiger partial charge < -0.3 is 9.47 Å². The Morgan fingerprint density at radius 3 is 1.94 bits per heavy atom. The van der Waals surface area contributed by atoms with Crippen molar-refractivity contribution in [2.24, 2.45) is 0 Å². The van der Waals surface area contributed by atoms with Gasteiger partial charge in [0, 0.05) is 26.2 Å². The quantitative estimate of drug-likeness (QED) is 0.212. The Balaban J connectivity index is 1.44. The molecule has 10 heteroatoms. The molecule has 1 heterocycles. The van der Waals surface area contributed by atoms with Crippen LogP contribution in [0.2, 0.25) is 0 Å². The number of ether oxygens (including phenoxy) is 2. The number of rotatable bonds is 15. The van der Waals surface area contributed by atoms with Crippen LogP contribution in [-0.2, 0) is 30.3 Å². The highest BCUT2D eigenvalue weighted by molar-refractivity contribution is 7.85. The second kappa shape index (κ2) is 12.7. The molecule has 0 saturated heterocycles. The summed E-state index contributed by atoms with van der Waals surface area (Å²) < 4.78 is 37.3. The molecule has 9 nitrogen and oxygen atoms in total. The Morgan fingerprint density at radius 1 is 0.765 bits per heavy atom. The predicted octanol–water partition coefficient (Wildman–Crippen LogP) is 1.79. The minimum Gasteiger partial charge on any atom is -0.378 e. The highest BCUT2D eigenvalue weighted by Crippen LogP contribution is 2.22. The molecule has 0 bridgehead atoms. The van der Waals surface area contributed by atoms with Crippen molar-refractivity contribution in [3.63, 3.8) is 0 Å². The molecule has 0 unspecified atom stereocenters. The summed E-state index contributed by atoms with van der Waals surface area (Å²) in [4.78, 5) is 28.7. The largest absolute Gasteiger partial charge is 0.378 e. The summed E-state index contributed by atoms with van der Waals surface area (Å²) in [5, 5.41) is 0. The summed E-state index contributed by atoms with van der Waals surface area (Å²) in [5.41, 5.74) is 2.03. The number of hydrogen-bond donors (Lipinski definition) is 0. The Kier molecular flexibility index (Phi) is 9.73. The normalized spacial score (nSPS) is 13.6. The molecule has 184 valence electrons. The monoisotopic (exact) mass is 490 g/mol. The summed E-state index contributed by atoms with van der Waals surface area (Å²) in [5.74, 6) is -0.512. The van der Waals surface area contributed by atoms with Crippen molar-refractivity contribution in [2.45, 2.75) is 6.54 Å². The van der Waals surface area contributed by atoms with Crippen molar-refractivity contribution in [2.75, 3.05) is 58.9 Å². The molecule has 0 saturated carbocycles. The number of benzene rings is 2. The zero-order valence-corrected chi connectivity index (χ0v) is 20.0. The molecule has 0 spiro atoms. The molecule has 0 fully saturated rings. The second-order valence-electron chi connectivity index (χ2n) is 7.82. The maximum Gasteiger partial charge on any atom is 0.264 e.